The SMILES string of the molecule is Cc1cc(C)cc(CNC(=O)C2(N3CCN(Cc4cc(C)cc(C)c4)CC3)Cc3ccccc3C2)c1. The van der Waals surface area contributed by atoms with Crippen molar-refractivity contribution in [2.75, 3.05) is 26.2 Å². The van der Waals surface area contributed by atoms with Crippen molar-refractivity contribution in [3.63, 3.8) is 0 Å². The Bertz CT molecular complexity index is 1190. The quantitative estimate of drug-likeness (QED) is 0.544. The molecule has 0 atom stereocenters. The van der Waals surface area contributed by atoms with E-state index in [0.717, 1.165) is 45.6 Å². The number of piperazine rings is 1. The Hall–Kier alpha value is -2.95. The Morgan fingerprint density at radius 2 is 1.25 bits per heavy atom. The smallest absolute Gasteiger partial charge is 0.241 e. The highest BCUT2D eigenvalue weighted by Crippen LogP contribution is 2.36. The summed E-state index contributed by atoms with van der Waals surface area (Å²) in [6.07, 6.45) is 1.58. The van der Waals surface area contributed by atoms with Crippen molar-refractivity contribution < 1.29 is 4.79 Å². The van der Waals surface area contributed by atoms with Gasteiger partial charge in [0.05, 0.1) is 0 Å². The maximum atomic E-state index is 14.0. The Kier molecular flexibility index (Phi) is 7.00. The largest absolute Gasteiger partial charge is 0.350 e. The number of aryl methyl sites for hydroxylation is 4. The van der Waals surface area contributed by atoms with E-state index in [0.29, 0.717) is 6.54 Å². The van der Waals surface area contributed by atoms with E-state index in [4.69, 9.17) is 0 Å². The summed E-state index contributed by atoms with van der Waals surface area (Å²) >= 11 is 0. The number of nitrogens with one attached hydrogen (secondary N) is 1. The predicted molar refractivity (Wildman–Crippen MR) is 147 cm³/mol. The summed E-state index contributed by atoms with van der Waals surface area (Å²) in [6.45, 7) is 13.9. The van der Waals surface area contributed by atoms with Gasteiger partial charge in [-0.15, -0.1) is 0 Å². The summed E-state index contributed by atoms with van der Waals surface area (Å²) in [4.78, 5) is 19.0. The van der Waals surface area contributed by atoms with Crippen LogP contribution in [-0.4, -0.2) is 47.4 Å². The van der Waals surface area contributed by atoms with Crippen LogP contribution >= 0.6 is 0 Å². The first kappa shape index (κ1) is 24.7. The summed E-state index contributed by atoms with van der Waals surface area (Å²) in [5.74, 6) is 0.167. The Morgan fingerprint density at radius 1 is 0.750 bits per heavy atom. The van der Waals surface area contributed by atoms with Gasteiger partial charge in [-0.25, -0.2) is 0 Å². The van der Waals surface area contributed by atoms with Crippen LogP contribution in [0.2, 0.25) is 0 Å². The molecular formula is C32H39N3O. The first-order valence-electron chi connectivity index (χ1n) is 13.3. The monoisotopic (exact) mass is 481 g/mol. The molecule has 1 heterocycles. The molecule has 36 heavy (non-hydrogen) atoms. The molecule has 4 nitrogen and oxygen atoms in total. The van der Waals surface area contributed by atoms with Gasteiger partial charge in [0.25, 0.3) is 0 Å². The van der Waals surface area contributed by atoms with E-state index in [-0.39, 0.29) is 5.91 Å². The van der Waals surface area contributed by atoms with Crippen LogP contribution < -0.4 is 5.32 Å². The van der Waals surface area contributed by atoms with Crippen molar-refractivity contribution in [3.8, 4) is 0 Å². The highest BCUT2D eigenvalue weighted by atomic mass is 16.2. The lowest BCUT2D eigenvalue weighted by Crippen LogP contribution is -2.64. The van der Waals surface area contributed by atoms with Gasteiger partial charge in [-0.05, 0) is 49.9 Å². The van der Waals surface area contributed by atoms with Crippen LogP contribution in [0.3, 0.4) is 0 Å². The van der Waals surface area contributed by atoms with Crippen molar-refractivity contribution in [1.29, 1.82) is 0 Å². The molecule has 2 aliphatic rings. The lowest BCUT2D eigenvalue weighted by Gasteiger charge is -2.45. The molecule has 1 aliphatic carbocycles. The van der Waals surface area contributed by atoms with Crippen LogP contribution in [0.25, 0.3) is 0 Å². The molecule has 0 aromatic heterocycles. The first-order chi connectivity index (χ1) is 17.3. The van der Waals surface area contributed by atoms with Crippen molar-refractivity contribution >= 4 is 5.91 Å². The lowest BCUT2D eigenvalue weighted by atomic mass is 9.90. The van der Waals surface area contributed by atoms with Crippen LogP contribution in [0.5, 0.6) is 0 Å². The van der Waals surface area contributed by atoms with Gasteiger partial charge in [0.2, 0.25) is 5.91 Å². The topological polar surface area (TPSA) is 35.6 Å². The molecule has 0 spiro atoms. The third kappa shape index (κ3) is 5.25. The van der Waals surface area contributed by atoms with E-state index in [2.05, 4.69) is 103 Å². The van der Waals surface area contributed by atoms with E-state index >= 15 is 0 Å². The molecule has 0 bridgehead atoms. The summed E-state index contributed by atoms with van der Waals surface area (Å²) in [5, 5.41) is 3.34. The molecule has 5 rings (SSSR count). The van der Waals surface area contributed by atoms with Gasteiger partial charge in [0, 0.05) is 52.1 Å². The first-order valence-corrected chi connectivity index (χ1v) is 13.3. The maximum Gasteiger partial charge on any atom is 0.241 e. The second-order valence-electron chi connectivity index (χ2n) is 11.1. The highest BCUT2D eigenvalue weighted by molar-refractivity contribution is 5.88. The number of benzene rings is 3. The molecule has 1 saturated heterocycles. The third-order valence-electron chi connectivity index (χ3n) is 7.91. The van der Waals surface area contributed by atoms with E-state index < -0.39 is 5.54 Å². The van der Waals surface area contributed by atoms with E-state index in [1.54, 1.807) is 0 Å². The lowest BCUT2D eigenvalue weighted by molar-refractivity contribution is -0.135. The van der Waals surface area contributed by atoms with Gasteiger partial charge in [0.1, 0.15) is 5.54 Å². The molecule has 0 radical (unpaired) electrons. The average molecular weight is 482 g/mol. The zero-order valence-corrected chi connectivity index (χ0v) is 22.2. The van der Waals surface area contributed by atoms with Crippen LogP contribution in [0, 0.1) is 27.7 Å². The Labute approximate surface area is 216 Å². The molecule has 0 unspecified atom stereocenters. The number of fused-ring (bicyclic) bond motifs is 1. The molecule has 0 saturated carbocycles. The number of hydrogen-bond acceptors (Lipinski definition) is 3. The number of rotatable bonds is 6. The fourth-order valence-electron chi connectivity index (χ4n) is 6.39. The Balaban J connectivity index is 1.31. The molecule has 3 aromatic carbocycles. The molecule has 1 amide bonds. The van der Waals surface area contributed by atoms with Crippen LogP contribution in [0.15, 0.2) is 60.7 Å². The number of hydrogen-bond donors (Lipinski definition) is 1. The summed E-state index contributed by atoms with van der Waals surface area (Å²) in [5.41, 5.74) is 9.81. The zero-order valence-electron chi connectivity index (χ0n) is 22.2. The van der Waals surface area contributed by atoms with Gasteiger partial charge in [0.15, 0.2) is 0 Å². The van der Waals surface area contributed by atoms with Crippen molar-refractivity contribution in [2.45, 2.75) is 59.2 Å². The standard InChI is InChI=1S/C32H39N3O/c1-23-13-24(2)16-27(15-23)21-33-31(36)32(19-29-7-5-6-8-30(29)20-32)35-11-9-34(10-12-35)22-28-17-25(3)14-26(4)18-28/h5-8,13-18H,9-12,19-22H2,1-4H3,(H,33,36). The van der Waals surface area contributed by atoms with Gasteiger partial charge in [-0.1, -0.05) is 82.9 Å². The van der Waals surface area contributed by atoms with Gasteiger partial charge in [-0.3, -0.25) is 14.6 Å². The third-order valence-corrected chi connectivity index (χ3v) is 7.91. The van der Waals surface area contributed by atoms with Crippen LogP contribution in [0.1, 0.15) is 44.5 Å². The van der Waals surface area contributed by atoms with Crippen molar-refractivity contribution in [1.82, 2.24) is 15.1 Å². The summed E-state index contributed by atoms with van der Waals surface area (Å²) in [7, 11) is 0. The van der Waals surface area contributed by atoms with Crippen LogP contribution in [-0.2, 0) is 30.7 Å². The molecule has 188 valence electrons. The molecule has 1 N–H and O–H groups in total. The fraction of sp³-hybridized carbons (Fsp3) is 0.406. The van der Waals surface area contributed by atoms with Gasteiger partial charge in [-0.2, -0.15) is 0 Å². The number of carbonyl (C=O) groups is 1. The van der Waals surface area contributed by atoms with E-state index in [1.807, 2.05) is 0 Å². The van der Waals surface area contributed by atoms with Gasteiger partial charge >= 0.3 is 0 Å². The predicted octanol–water partition coefficient (Wildman–Crippen LogP) is 4.89. The summed E-state index contributed by atoms with van der Waals surface area (Å²) in [6, 6.07) is 22.0. The second kappa shape index (κ2) is 10.2. The van der Waals surface area contributed by atoms with Crippen molar-refractivity contribution in [3.05, 3.63) is 105 Å². The zero-order chi connectivity index (χ0) is 25.3. The fourth-order valence-corrected chi connectivity index (χ4v) is 6.39. The summed E-state index contributed by atoms with van der Waals surface area (Å²) < 4.78 is 0. The maximum absolute atomic E-state index is 14.0. The van der Waals surface area contributed by atoms with E-state index in [1.165, 1.54) is 44.5 Å². The molecule has 1 fully saturated rings. The minimum absolute atomic E-state index is 0.167. The second-order valence-corrected chi connectivity index (χ2v) is 11.1. The average Bonchev–Trinajstić information content (AvgIpc) is 3.23. The van der Waals surface area contributed by atoms with Gasteiger partial charge < -0.3 is 5.32 Å². The minimum atomic E-state index is -0.505. The molecular weight excluding hydrogens is 442 g/mol. The Morgan fingerprint density at radius 3 is 1.78 bits per heavy atom. The van der Waals surface area contributed by atoms with Crippen molar-refractivity contribution in [2.24, 2.45) is 0 Å². The number of amides is 1. The molecule has 3 aromatic rings. The number of carbonyl (C=O) groups excluding carboxylic acids is 1. The van der Waals surface area contributed by atoms with Crippen LogP contribution in [0.4, 0.5) is 0 Å². The highest BCUT2D eigenvalue weighted by Gasteiger charge is 2.48. The molecule has 1 aliphatic heterocycles. The normalized spacial score (nSPS) is 17.7. The molecule has 4 heteroatoms. The minimum Gasteiger partial charge on any atom is -0.350 e. The van der Waals surface area contributed by atoms with E-state index in [9.17, 15) is 4.79 Å². The number of nitrogens with zero attached hydrogens (tertiary/aromatic N) is 2.